The minimum atomic E-state index is -1.80. The van der Waals surface area contributed by atoms with Crippen molar-refractivity contribution in [2.45, 2.75) is 20.8 Å². The van der Waals surface area contributed by atoms with Crippen molar-refractivity contribution in [3.05, 3.63) is 65.2 Å². The Balaban J connectivity index is 0.000000345. The van der Waals surface area contributed by atoms with E-state index >= 15 is 0 Å². The molecule has 99 valence electrons. The van der Waals surface area contributed by atoms with Crippen molar-refractivity contribution in [1.29, 1.82) is 0 Å². The third-order valence-electron chi connectivity index (χ3n) is 2.47. The van der Waals surface area contributed by atoms with Crippen LogP contribution in [0.15, 0.2) is 48.5 Å². The molecule has 0 aliphatic heterocycles. The molecule has 0 bridgehead atoms. The van der Waals surface area contributed by atoms with Crippen LogP contribution in [0.4, 0.5) is 0 Å². The molecule has 0 aliphatic carbocycles. The molecule has 1 atom stereocenters. The van der Waals surface area contributed by atoms with Gasteiger partial charge in [-0.1, -0.05) is 57.7 Å². The maximum Gasteiger partial charge on any atom is 0.449 e. The van der Waals surface area contributed by atoms with Crippen LogP contribution in [0.25, 0.3) is 0 Å². The molecule has 0 fully saturated rings. The smallest absolute Gasteiger partial charge is 0.243 e. The summed E-state index contributed by atoms with van der Waals surface area (Å²) < 4.78 is 10.8. The number of hydrogen-bond acceptors (Lipinski definition) is 2. The van der Waals surface area contributed by atoms with Crippen molar-refractivity contribution in [3.63, 3.8) is 0 Å². The van der Waals surface area contributed by atoms with Crippen LogP contribution in [0.3, 0.4) is 0 Å². The molecule has 0 saturated heterocycles. The fourth-order valence-electron chi connectivity index (χ4n) is 1.84. The van der Waals surface area contributed by atoms with E-state index < -0.39 is 7.80 Å². The van der Waals surface area contributed by atoms with Crippen LogP contribution < -0.4 is 5.30 Å². The van der Waals surface area contributed by atoms with Crippen LogP contribution in [0.2, 0.25) is 0 Å². The molecule has 0 saturated carbocycles. The Hall–Kier alpha value is -0.790. The predicted octanol–water partition coefficient (Wildman–Crippen LogP) is 3.56. The summed E-state index contributed by atoms with van der Waals surface area (Å²) in [6.45, 7) is 6.38. The van der Waals surface area contributed by atoms with Gasteiger partial charge in [-0.2, -0.15) is 0 Å². The maximum absolute atomic E-state index is 10.8. The van der Waals surface area contributed by atoms with Gasteiger partial charge < -0.3 is 0 Å². The minimum absolute atomic E-state index is 0. The van der Waals surface area contributed by atoms with Crippen molar-refractivity contribution >= 4 is 48.7 Å². The summed E-state index contributed by atoms with van der Waals surface area (Å²) in [6.07, 6.45) is 0. The van der Waals surface area contributed by atoms with E-state index in [1.165, 1.54) is 16.7 Å². The molecule has 0 spiro atoms. The van der Waals surface area contributed by atoms with Crippen LogP contribution in [0, 0.1) is 20.8 Å². The first-order valence-corrected chi connectivity index (χ1v) is 7.37. The largest absolute Gasteiger partial charge is 0.449 e. The molecular formula is C16H18NaO2P+. The molecule has 20 heavy (non-hydrogen) atoms. The van der Waals surface area contributed by atoms with E-state index in [9.17, 15) is 9.36 Å². The zero-order chi connectivity index (χ0) is 14.3. The van der Waals surface area contributed by atoms with Crippen molar-refractivity contribution in [2.75, 3.05) is 0 Å². The first-order valence-electron chi connectivity index (χ1n) is 6.04. The van der Waals surface area contributed by atoms with Gasteiger partial charge in [-0.15, -0.1) is 0 Å². The monoisotopic (exact) mass is 296 g/mol. The molecule has 0 aromatic heterocycles. The van der Waals surface area contributed by atoms with Gasteiger partial charge in [0.15, 0.2) is 5.30 Å². The van der Waals surface area contributed by atoms with Crippen LogP contribution >= 0.6 is 7.80 Å². The van der Waals surface area contributed by atoms with Gasteiger partial charge in [-0.25, -0.2) is 4.79 Å². The van der Waals surface area contributed by atoms with Crippen molar-refractivity contribution in [2.24, 2.45) is 0 Å². The van der Waals surface area contributed by atoms with Crippen LogP contribution in [0.1, 0.15) is 16.7 Å². The van der Waals surface area contributed by atoms with Gasteiger partial charge in [-0.3, -0.25) is 0 Å². The van der Waals surface area contributed by atoms with E-state index in [1.807, 2.05) is 6.07 Å². The second-order valence-electron chi connectivity index (χ2n) is 4.43. The average Bonchev–Trinajstić information content (AvgIpc) is 2.38. The molecule has 1 unspecified atom stereocenters. The number of benzene rings is 2. The molecule has 1 radical (unpaired) electrons. The Morgan fingerprint density at radius 1 is 0.850 bits per heavy atom. The third kappa shape index (κ3) is 7.12. The molecule has 2 aromatic carbocycles. The predicted molar refractivity (Wildman–Crippen MR) is 86.8 cm³/mol. The SMILES string of the molecule is Cc1cc(C)cc(C)c1.O=C[P+](=O)c1ccccc1.[Na]. The molecule has 2 aromatic rings. The zero-order valence-corrected chi connectivity index (χ0v) is 15.4. The topological polar surface area (TPSA) is 34.1 Å². The van der Waals surface area contributed by atoms with Crippen LogP contribution in [0.5, 0.6) is 0 Å². The quantitative estimate of drug-likeness (QED) is 0.482. The van der Waals surface area contributed by atoms with Crippen LogP contribution in [-0.2, 0) is 9.36 Å². The fourth-order valence-corrected chi connectivity index (χ4v) is 2.43. The van der Waals surface area contributed by atoms with E-state index in [0.717, 1.165) is 0 Å². The Bertz CT molecular complexity index is 517. The summed E-state index contributed by atoms with van der Waals surface area (Å²) in [6, 6.07) is 15.7. The van der Waals surface area contributed by atoms with E-state index in [4.69, 9.17) is 0 Å². The fraction of sp³-hybridized carbons (Fsp3) is 0.188. The number of aryl methyl sites for hydroxylation is 3. The summed E-state index contributed by atoms with van der Waals surface area (Å²) in [4.78, 5) is 10.0. The second-order valence-corrected chi connectivity index (χ2v) is 5.81. The van der Waals surface area contributed by atoms with E-state index in [1.54, 1.807) is 24.3 Å². The normalized spacial score (nSPS) is 9.65. The van der Waals surface area contributed by atoms with Gasteiger partial charge >= 0.3 is 13.8 Å². The van der Waals surface area contributed by atoms with E-state index in [0.29, 0.717) is 11.3 Å². The van der Waals surface area contributed by atoms with Gasteiger partial charge in [0.05, 0.1) is 0 Å². The first kappa shape index (κ1) is 19.2. The standard InChI is InChI=1S/C9H12.C7H6O2P.Na/c1-7-4-8(2)6-9(3)5-7;8-6-10(9)7-4-2-1-3-5-7;/h4-6H,1-3H3;1-6H;/q;+1;. The van der Waals surface area contributed by atoms with Gasteiger partial charge in [0.25, 0.3) is 0 Å². The average molecular weight is 296 g/mol. The van der Waals surface area contributed by atoms with Gasteiger partial charge in [0.2, 0.25) is 0 Å². The summed E-state index contributed by atoms with van der Waals surface area (Å²) in [5.74, 6) is 0. The summed E-state index contributed by atoms with van der Waals surface area (Å²) in [5, 5.41) is 0.590. The Labute approximate surface area is 143 Å². The third-order valence-corrected chi connectivity index (χ3v) is 3.47. The van der Waals surface area contributed by atoms with Gasteiger partial charge in [0.1, 0.15) is 0 Å². The maximum atomic E-state index is 10.8. The molecule has 2 rings (SSSR count). The molecule has 0 N–H and O–H groups in total. The van der Waals surface area contributed by atoms with E-state index in [-0.39, 0.29) is 29.6 Å². The van der Waals surface area contributed by atoms with Crippen molar-refractivity contribution in [3.8, 4) is 0 Å². The molecule has 4 heteroatoms. The number of carbonyl (C=O) groups is 1. The molecular weight excluding hydrogens is 278 g/mol. The molecule has 0 aliphatic rings. The van der Waals surface area contributed by atoms with Gasteiger partial charge in [0, 0.05) is 29.6 Å². The Kier molecular flexibility index (Phi) is 9.62. The Morgan fingerprint density at radius 2 is 1.25 bits per heavy atom. The minimum Gasteiger partial charge on any atom is -0.243 e. The van der Waals surface area contributed by atoms with Crippen LogP contribution in [-0.4, -0.2) is 35.6 Å². The zero-order valence-electron chi connectivity index (χ0n) is 12.5. The van der Waals surface area contributed by atoms with Gasteiger partial charge in [-0.05, 0) is 32.9 Å². The second kappa shape index (κ2) is 10.0. The summed E-state index contributed by atoms with van der Waals surface area (Å²) >= 11 is 0. The summed E-state index contributed by atoms with van der Waals surface area (Å²) in [5.41, 5.74) is 4.06. The number of hydrogen-bond donors (Lipinski definition) is 0. The van der Waals surface area contributed by atoms with Crippen molar-refractivity contribution in [1.82, 2.24) is 0 Å². The number of carbonyl (C=O) groups excluding carboxylic acids is 1. The molecule has 0 amide bonds. The first-order chi connectivity index (χ1) is 9.02. The van der Waals surface area contributed by atoms with Crippen molar-refractivity contribution < 1.29 is 9.36 Å². The number of rotatable bonds is 2. The van der Waals surface area contributed by atoms with E-state index in [2.05, 4.69) is 39.0 Å². The molecule has 0 heterocycles. The summed E-state index contributed by atoms with van der Waals surface area (Å²) in [7, 11) is -1.80. The Morgan fingerprint density at radius 3 is 1.60 bits per heavy atom. The molecule has 2 nitrogen and oxygen atoms in total.